The van der Waals surface area contributed by atoms with Crippen molar-refractivity contribution in [2.75, 3.05) is 0 Å². The average Bonchev–Trinajstić information content (AvgIpc) is 2.38. The van der Waals surface area contributed by atoms with Crippen LogP contribution in [0.1, 0.15) is 24.0 Å². The van der Waals surface area contributed by atoms with Crippen molar-refractivity contribution in [3.63, 3.8) is 0 Å². The second-order valence-corrected chi connectivity index (χ2v) is 4.90. The molecule has 94 valence electrons. The highest BCUT2D eigenvalue weighted by Gasteiger charge is 2.17. The minimum absolute atomic E-state index is 0.0479. The number of nitrogens with two attached hydrogens (primary N) is 1. The van der Waals surface area contributed by atoms with E-state index in [2.05, 4.69) is 9.97 Å². The number of aromatic nitrogens is 2. The molecule has 0 aliphatic heterocycles. The second-order valence-electron chi connectivity index (χ2n) is 4.47. The lowest BCUT2D eigenvalue weighted by molar-refractivity contribution is 0.561. The Hall–Kier alpha value is -1.45. The first-order chi connectivity index (χ1) is 8.66. The van der Waals surface area contributed by atoms with E-state index in [0.29, 0.717) is 0 Å². The van der Waals surface area contributed by atoms with Gasteiger partial charge >= 0.3 is 0 Å². The molecule has 1 heterocycles. The van der Waals surface area contributed by atoms with Crippen LogP contribution in [0.25, 0.3) is 0 Å². The highest BCUT2D eigenvalue weighted by atomic mass is 35.5. The van der Waals surface area contributed by atoms with Gasteiger partial charge in [-0.3, -0.25) is 0 Å². The Morgan fingerprint density at radius 3 is 2.33 bits per heavy atom. The number of benzene rings is 1. The fraction of sp³-hybridized carbons (Fsp3) is 0.286. The van der Waals surface area contributed by atoms with Crippen LogP contribution in [0.5, 0.6) is 0 Å². The normalized spacial score (nSPS) is 14.2. The van der Waals surface area contributed by atoms with Gasteiger partial charge in [0, 0.05) is 29.4 Å². The largest absolute Gasteiger partial charge is 0.327 e. The first kappa shape index (κ1) is 13.0. The molecule has 3 nitrogen and oxygen atoms in total. The molecule has 2 rings (SSSR count). The van der Waals surface area contributed by atoms with E-state index in [1.54, 1.807) is 0 Å². The highest BCUT2D eigenvalue weighted by molar-refractivity contribution is 6.30. The van der Waals surface area contributed by atoms with E-state index in [4.69, 9.17) is 17.3 Å². The number of hydrogen-bond acceptors (Lipinski definition) is 3. The Bertz CT molecular complexity index is 482. The molecule has 18 heavy (non-hydrogen) atoms. The smallest absolute Gasteiger partial charge is 0.115 e. The molecule has 2 N–H and O–H groups in total. The van der Waals surface area contributed by atoms with E-state index in [1.807, 2.05) is 43.6 Å². The zero-order chi connectivity index (χ0) is 13.0. The molecule has 0 spiro atoms. The van der Waals surface area contributed by atoms with Gasteiger partial charge in [0.05, 0.1) is 0 Å². The van der Waals surface area contributed by atoms with Crippen LogP contribution in [0.15, 0.2) is 43.0 Å². The quantitative estimate of drug-likeness (QED) is 0.921. The average molecular weight is 262 g/mol. The summed E-state index contributed by atoms with van der Waals surface area (Å²) in [7, 11) is 0. The number of rotatable bonds is 4. The van der Waals surface area contributed by atoms with Crippen molar-refractivity contribution in [1.82, 2.24) is 9.97 Å². The predicted octanol–water partition coefficient (Wildman–Crippen LogP) is 2.80. The fourth-order valence-corrected chi connectivity index (χ4v) is 2.11. The Kier molecular flexibility index (Phi) is 4.28. The van der Waals surface area contributed by atoms with E-state index in [0.717, 1.165) is 17.0 Å². The topological polar surface area (TPSA) is 51.8 Å². The standard InChI is InChI=1S/C14H16ClN3/c1-10(16)14(12-7-17-9-18-8-12)6-11-2-4-13(15)5-3-11/h2-5,7-10,14H,6,16H2,1H3/t10-,14-/m0/s1. The Balaban J connectivity index is 2.19. The van der Waals surface area contributed by atoms with E-state index >= 15 is 0 Å². The van der Waals surface area contributed by atoms with Crippen molar-refractivity contribution in [1.29, 1.82) is 0 Å². The summed E-state index contributed by atoms with van der Waals surface area (Å²) in [5, 5.41) is 0.749. The van der Waals surface area contributed by atoms with Crippen LogP contribution in [0.3, 0.4) is 0 Å². The molecule has 0 saturated carbocycles. The SMILES string of the molecule is C[C@H](N)[C@H](Cc1ccc(Cl)cc1)c1cncnc1. The van der Waals surface area contributed by atoms with Crippen LogP contribution in [-0.2, 0) is 6.42 Å². The fourth-order valence-electron chi connectivity index (χ4n) is 1.98. The third kappa shape index (κ3) is 3.28. The summed E-state index contributed by atoms with van der Waals surface area (Å²) in [4.78, 5) is 8.11. The summed E-state index contributed by atoms with van der Waals surface area (Å²) < 4.78 is 0. The molecule has 0 aliphatic rings. The maximum absolute atomic E-state index is 6.06. The molecular weight excluding hydrogens is 246 g/mol. The molecule has 1 aromatic carbocycles. The van der Waals surface area contributed by atoms with E-state index in [1.165, 1.54) is 11.9 Å². The van der Waals surface area contributed by atoms with Gasteiger partial charge in [0.2, 0.25) is 0 Å². The van der Waals surface area contributed by atoms with Gasteiger partial charge in [-0.15, -0.1) is 0 Å². The van der Waals surface area contributed by atoms with E-state index in [-0.39, 0.29) is 12.0 Å². The van der Waals surface area contributed by atoms with Crippen LogP contribution in [0, 0.1) is 0 Å². The Morgan fingerprint density at radius 2 is 1.78 bits per heavy atom. The van der Waals surface area contributed by atoms with Crippen LogP contribution in [-0.4, -0.2) is 16.0 Å². The van der Waals surface area contributed by atoms with E-state index in [9.17, 15) is 0 Å². The highest BCUT2D eigenvalue weighted by Crippen LogP contribution is 2.23. The lowest BCUT2D eigenvalue weighted by Crippen LogP contribution is -2.26. The van der Waals surface area contributed by atoms with Crippen LogP contribution in [0.4, 0.5) is 0 Å². The number of halogens is 1. The molecule has 0 fully saturated rings. The Morgan fingerprint density at radius 1 is 1.17 bits per heavy atom. The van der Waals surface area contributed by atoms with Crippen molar-refractivity contribution < 1.29 is 0 Å². The van der Waals surface area contributed by atoms with Crippen LogP contribution < -0.4 is 5.73 Å². The van der Waals surface area contributed by atoms with Crippen molar-refractivity contribution >= 4 is 11.6 Å². The minimum atomic E-state index is 0.0479. The van der Waals surface area contributed by atoms with Crippen molar-refractivity contribution in [2.24, 2.45) is 5.73 Å². The van der Waals surface area contributed by atoms with Crippen molar-refractivity contribution in [3.05, 3.63) is 59.1 Å². The molecule has 0 unspecified atom stereocenters. The molecule has 1 aromatic heterocycles. The summed E-state index contributed by atoms with van der Waals surface area (Å²) >= 11 is 5.88. The summed E-state index contributed by atoms with van der Waals surface area (Å²) in [5.41, 5.74) is 8.35. The predicted molar refractivity (Wildman–Crippen MR) is 73.6 cm³/mol. The lowest BCUT2D eigenvalue weighted by Gasteiger charge is -2.20. The molecule has 0 radical (unpaired) electrons. The molecule has 4 heteroatoms. The minimum Gasteiger partial charge on any atom is -0.327 e. The maximum Gasteiger partial charge on any atom is 0.115 e. The van der Waals surface area contributed by atoms with Gasteiger partial charge < -0.3 is 5.73 Å². The van der Waals surface area contributed by atoms with Gasteiger partial charge in [-0.2, -0.15) is 0 Å². The lowest BCUT2D eigenvalue weighted by atomic mass is 9.88. The number of nitrogens with zero attached hydrogens (tertiary/aromatic N) is 2. The molecule has 2 aromatic rings. The van der Waals surface area contributed by atoms with Gasteiger partial charge in [0.15, 0.2) is 0 Å². The van der Waals surface area contributed by atoms with Gasteiger partial charge in [-0.25, -0.2) is 9.97 Å². The zero-order valence-corrected chi connectivity index (χ0v) is 11.0. The molecular formula is C14H16ClN3. The summed E-state index contributed by atoms with van der Waals surface area (Å²) in [5.74, 6) is 0.215. The first-order valence-corrected chi connectivity index (χ1v) is 6.29. The maximum atomic E-state index is 6.06. The summed E-state index contributed by atoms with van der Waals surface area (Å²) in [6.07, 6.45) is 6.06. The monoisotopic (exact) mass is 261 g/mol. The van der Waals surface area contributed by atoms with E-state index < -0.39 is 0 Å². The molecule has 0 amide bonds. The third-order valence-electron chi connectivity index (χ3n) is 3.01. The summed E-state index contributed by atoms with van der Waals surface area (Å²) in [6.45, 7) is 2.01. The first-order valence-electron chi connectivity index (χ1n) is 5.91. The molecule has 0 bridgehead atoms. The zero-order valence-electron chi connectivity index (χ0n) is 10.3. The molecule has 0 saturated heterocycles. The van der Waals surface area contributed by atoms with Crippen molar-refractivity contribution in [2.45, 2.75) is 25.3 Å². The van der Waals surface area contributed by atoms with Gasteiger partial charge in [-0.05, 0) is 36.6 Å². The van der Waals surface area contributed by atoms with Gasteiger partial charge in [0.25, 0.3) is 0 Å². The number of hydrogen-bond donors (Lipinski definition) is 1. The molecule has 0 aliphatic carbocycles. The van der Waals surface area contributed by atoms with Crippen LogP contribution >= 0.6 is 11.6 Å². The van der Waals surface area contributed by atoms with Gasteiger partial charge in [0.1, 0.15) is 6.33 Å². The van der Waals surface area contributed by atoms with Crippen LogP contribution in [0.2, 0.25) is 5.02 Å². The Labute approximate surface area is 112 Å². The third-order valence-corrected chi connectivity index (χ3v) is 3.26. The summed E-state index contributed by atoms with van der Waals surface area (Å²) in [6, 6.07) is 7.91. The molecule has 2 atom stereocenters. The second kappa shape index (κ2) is 5.94. The van der Waals surface area contributed by atoms with Crippen molar-refractivity contribution in [3.8, 4) is 0 Å². The van der Waals surface area contributed by atoms with Gasteiger partial charge in [-0.1, -0.05) is 23.7 Å².